The number of amides is 1. The zero-order valence-electron chi connectivity index (χ0n) is 14.6. The molecular weight excluding hydrogens is 460 g/mol. The Bertz CT molecular complexity index is 637. The monoisotopic (exact) mass is 484 g/mol. The summed E-state index contributed by atoms with van der Waals surface area (Å²) in [5, 5.41) is 3.10. The lowest BCUT2D eigenvalue weighted by molar-refractivity contribution is -0.137. The van der Waals surface area contributed by atoms with Gasteiger partial charge >= 0.3 is 6.18 Å². The topological polar surface area (TPSA) is 70.7 Å². The highest BCUT2D eigenvalue weighted by atomic mass is 127. The molecule has 3 N–H and O–H groups in total. The zero-order valence-corrected chi connectivity index (χ0v) is 16.9. The Morgan fingerprint density at radius 2 is 2.15 bits per heavy atom. The van der Waals surface area contributed by atoms with E-state index in [0.717, 1.165) is 31.5 Å². The number of nitrogens with zero attached hydrogens (tertiary/aromatic N) is 2. The number of aliphatic imine (C=N–C) groups is 1. The van der Waals surface area contributed by atoms with Crippen molar-refractivity contribution >= 4 is 35.8 Å². The van der Waals surface area contributed by atoms with Gasteiger partial charge in [-0.2, -0.15) is 13.2 Å². The number of rotatable bonds is 4. The van der Waals surface area contributed by atoms with Gasteiger partial charge in [0.1, 0.15) is 0 Å². The molecule has 1 amide bonds. The van der Waals surface area contributed by atoms with Crippen molar-refractivity contribution in [1.82, 2.24) is 10.2 Å². The Morgan fingerprint density at radius 1 is 1.42 bits per heavy atom. The maximum atomic E-state index is 12.8. The van der Waals surface area contributed by atoms with Crippen LogP contribution in [0.25, 0.3) is 0 Å². The minimum Gasteiger partial charge on any atom is -0.370 e. The summed E-state index contributed by atoms with van der Waals surface area (Å²) in [4.78, 5) is 17.3. The Balaban J connectivity index is 0.00000338. The van der Waals surface area contributed by atoms with Gasteiger partial charge < -0.3 is 16.0 Å². The molecule has 0 aliphatic carbocycles. The first-order chi connectivity index (χ1) is 11.8. The van der Waals surface area contributed by atoms with E-state index >= 15 is 0 Å². The fraction of sp³-hybridized carbons (Fsp3) is 0.529. The second-order valence-electron chi connectivity index (χ2n) is 6.22. The maximum absolute atomic E-state index is 12.8. The number of primary amides is 1. The summed E-state index contributed by atoms with van der Waals surface area (Å²) in [5.74, 6) is 0.476. The molecule has 1 aliphatic heterocycles. The van der Waals surface area contributed by atoms with E-state index in [9.17, 15) is 18.0 Å². The van der Waals surface area contributed by atoms with E-state index in [-0.39, 0.29) is 42.3 Å². The van der Waals surface area contributed by atoms with E-state index < -0.39 is 11.7 Å². The molecule has 0 bridgehead atoms. The first kappa shape index (κ1) is 22.5. The number of likely N-dealkylation sites (tertiary alicyclic amines) is 1. The van der Waals surface area contributed by atoms with Gasteiger partial charge in [0.2, 0.25) is 5.91 Å². The third-order valence-corrected chi connectivity index (χ3v) is 4.23. The Labute approximate surface area is 168 Å². The molecule has 1 fully saturated rings. The second kappa shape index (κ2) is 9.98. The van der Waals surface area contributed by atoms with Crippen molar-refractivity contribution in [2.75, 3.05) is 20.1 Å². The number of piperidine rings is 1. The average Bonchev–Trinajstić information content (AvgIpc) is 2.55. The number of hydrogen-bond donors (Lipinski definition) is 2. The van der Waals surface area contributed by atoms with Crippen LogP contribution in [0.4, 0.5) is 13.2 Å². The first-order valence-electron chi connectivity index (χ1n) is 8.19. The van der Waals surface area contributed by atoms with Crippen molar-refractivity contribution in [3.8, 4) is 0 Å². The molecule has 1 aliphatic rings. The highest BCUT2D eigenvalue weighted by molar-refractivity contribution is 14.0. The van der Waals surface area contributed by atoms with Crippen LogP contribution in [0.1, 0.15) is 30.4 Å². The molecule has 1 aromatic rings. The van der Waals surface area contributed by atoms with Crippen molar-refractivity contribution in [3.05, 3.63) is 35.4 Å². The van der Waals surface area contributed by atoms with E-state index in [1.807, 2.05) is 4.90 Å². The summed E-state index contributed by atoms with van der Waals surface area (Å²) in [6.07, 6.45) is -2.17. The molecule has 1 saturated heterocycles. The fourth-order valence-corrected chi connectivity index (χ4v) is 3.08. The predicted octanol–water partition coefficient (Wildman–Crippen LogP) is 2.99. The van der Waals surface area contributed by atoms with Gasteiger partial charge in [0, 0.05) is 33.1 Å². The molecule has 5 nitrogen and oxygen atoms in total. The number of guanidine groups is 1. The standard InChI is InChI=1S/C17H23F3N4O.HI/c1-22-16(24-7-3-5-13(11-24)9-15(21)25)23-10-12-4-2-6-14(8-12)17(18,19)20;/h2,4,6,8,13H,3,5,7,9-11H2,1H3,(H2,21,25)(H,22,23);1H. The summed E-state index contributed by atoms with van der Waals surface area (Å²) < 4.78 is 38.3. The fourth-order valence-electron chi connectivity index (χ4n) is 3.08. The highest BCUT2D eigenvalue weighted by Crippen LogP contribution is 2.29. The highest BCUT2D eigenvalue weighted by Gasteiger charge is 2.30. The number of benzene rings is 1. The summed E-state index contributed by atoms with van der Waals surface area (Å²) >= 11 is 0. The number of alkyl halides is 3. The Morgan fingerprint density at radius 3 is 2.77 bits per heavy atom. The van der Waals surface area contributed by atoms with E-state index in [1.165, 1.54) is 6.07 Å². The van der Waals surface area contributed by atoms with Gasteiger partial charge in [-0.05, 0) is 36.5 Å². The van der Waals surface area contributed by atoms with Crippen molar-refractivity contribution in [2.45, 2.75) is 32.0 Å². The predicted molar refractivity (Wildman–Crippen MR) is 105 cm³/mol. The Kier molecular flexibility index (Phi) is 8.65. The molecule has 2 rings (SSSR count). The molecule has 0 spiro atoms. The van der Waals surface area contributed by atoms with Crippen LogP contribution in [0.3, 0.4) is 0 Å². The minimum absolute atomic E-state index is 0. The summed E-state index contributed by atoms with van der Waals surface area (Å²) in [6.45, 7) is 1.69. The van der Waals surface area contributed by atoms with Crippen molar-refractivity contribution in [2.24, 2.45) is 16.6 Å². The van der Waals surface area contributed by atoms with Crippen LogP contribution < -0.4 is 11.1 Å². The number of hydrogen-bond acceptors (Lipinski definition) is 2. The third-order valence-electron chi connectivity index (χ3n) is 4.23. The molecule has 9 heteroatoms. The van der Waals surface area contributed by atoms with E-state index in [1.54, 1.807) is 13.1 Å². The Hall–Kier alpha value is -1.52. The lowest BCUT2D eigenvalue weighted by atomic mass is 9.95. The quantitative estimate of drug-likeness (QED) is 0.393. The molecular formula is C17H24F3IN4O. The van der Waals surface area contributed by atoms with Crippen LogP contribution in [-0.2, 0) is 17.5 Å². The number of nitrogens with two attached hydrogens (primary N) is 1. The molecule has 1 heterocycles. The van der Waals surface area contributed by atoms with Crippen molar-refractivity contribution in [1.29, 1.82) is 0 Å². The summed E-state index contributed by atoms with van der Waals surface area (Å²) in [5.41, 5.74) is 5.13. The molecule has 26 heavy (non-hydrogen) atoms. The van der Waals surface area contributed by atoms with Gasteiger partial charge in [0.25, 0.3) is 0 Å². The summed E-state index contributed by atoms with van der Waals surface area (Å²) in [7, 11) is 1.63. The van der Waals surface area contributed by atoms with E-state index in [4.69, 9.17) is 5.73 Å². The maximum Gasteiger partial charge on any atom is 0.416 e. The SMILES string of the molecule is CN=C(NCc1cccc(C(F)(F)F)c1)N1CCCC(CC(N)=O)C1.I. The van der Waals surface area contributed by atoms with Crippen LogP contribution in [0.15, 0.2) is 29.3 Å². The van der Waals surface area contributed by atoms with Crippen LogP contribution in [-0.4, -0.2) is 36.9 Å². The second-order valence-corrected chi connectivity index (χ2v) is 6.22. The van der Waals surface area contributed by atoms with Gasteiger partial charge in [-0.15, -0.1) is 24.0 Å². The normalized spacial score (nSPS) is 18.2. The van der Waals surface area contributed by atoms with Crippen molar-refractivity contribution in [3.63, 3.8) is 0 Å². The van der Waals surface area contributed by atoms with Gasteiger partial charge in [-0.25, -0.2) is 0 Å². The van der Waals surface area contributed by atoms with E-state index in [2.05, 4.69) is 10.3 Å². The minimum atomic E-state index is -4.35. The van der Waals surface area contributed by atoms with Crippen LogP contribution in [0.5, 0.6) is 0 Å². The number of halogens is 4. The van der Waals surface area contributed by atoms with Crippen LogP contribution in [0, 0.1) is 5.92 Å². The molecule has 1 atom stereocenters. The third kappa shape index (κ3) is 6.65. The molecule has 0 aromatic heterocycles. The molecule has 146 valence electrons. The largest absolute Gasteiger partial charge is 0.416 e. The zero-order chi connectivity index (χ0) is 18.4. The molecule has 1 aromatic carbocycles. The number of carbonyl (C=O) groups excluding carboxylic acids is 1. The average molecular weight is 484 g/mol. The van der Waals surface area contributed by atoms with Crippen LogP contribution in [0.2, 0.25) is 0 Å². The number of carbonyl (C=O) groups is 1. The lowest BCUT2D eigenvalue weighted by Crippen LogP contribution is -2.46. The van der Waals surface area contributed by atoms with Gasteiger partial charge in [-0.3, -0.25) is 9.79 Å². The first-order valence-corrected chi connectivity index (χ1v) is 8.19. The van der Waals surface area contributed by atoms with Crippen LogP contribution >= 0.6 is 24.0 Å². The molecule has 0 radical (unpaired) electrons. The van der Waals surface area contributed by atoms with E-state index in [0.29, 0.717) is 24.5 Å². The molecule has 0 saturated carbocycles. The van der Waals surface area contributed by atoms with Gasteiger partial charge in [-0.1, -0.05) is 12.1 Å². The van der Waals surface area contributed by atoms with Gasteiger partial charge in [0.15, 0.2) is 5.96 Å². The van der Waals surface area contributed by atoms with Crippen molar-refractivity contribution < 1.29 is 18.0 Å². The van der Waals surface area contributed by atoms with Gasteiger partial charge in [0.05, 0.1) is 5.56 Å². The lowest BCUT2D eigenvalue weighted by Gasteiger charge is -2.34. The smallest absolute Gasteiger partial charge is 0.370 e. The molecule has 1 unspecified atom stereocenters. The summed E-state index contributed by atoms with van der Waals surface area (Å²) in [6, 6.07) is 5.22. The number of nitrogens with one attached hydrogen (secondary N) is 1.